The van der Waals surface area contributed by atoms with Crippen molar-refractivity contribution in [3.8, 4) is 5.75 Å². The number of ether oxygens (including phenoxy) is 1. The Kier molecular flexibility index (Phi) is 4.87. The van der Waals surface area contributed by atoms with E-state index in [2.05, 4.69) is 26.0 Å². The number of benzene rings is 1. The maximum atomic E-state index is 10.2. The number of aliphatic hydroxyl groups is 1. The van der Waals surface area contributed by atoms with Gasteiger partial charge in [0.25, 0.3) is 0 Å². The number of hydrogen-bond donors (Lipinski definition) is 1. The summed E-state index contributed by atoms with van der Waals surface area (Å²) >= 11 is 0. The van der Waals surface area contributed by atoms with Gasteiger partial charge in [-0.05, 0) is 61.1 Å². The Morgan fingerprint density at radius 2 is 1.89 bits per heavy atom. The monoisotopic (exact) mass is 262 g/mol. The molecule has 19 heavy (non-hydrogen) atoms. The number of methoxy groups -OCH3 is 1. The SMILES string of the molecule is COc1ccc(CC2CC(C(C)C)CCC2O)cc1. The zero-order valence-electron chi connectivity index (χ0n) is 12.3. The van der Waals surface area contributed by atoms with E-state index in [1.54, 1.807) is 7.11 Å². The molecule has 3 unspecified atom stereocenters. The van der Waals surface area contributed by atoms with Gasteiger partial charge in [-0.2, -0.15) is 0 Å². The van der Waals surface area contributed by atoms with E-state index in [4.69, 9.17) is 4.74 Å². The molecule has 0 amide bonds. The molecule has 1 saturated carbocycles. The highest BCUT2D eigenvalue weighted by Gasteiger charge is 2.30. The molecule has 0 bridgehead atoms. The van der Waals surface area contributed by atoms with Gasteiger partial charge in [0.1, 0.15) is 5.75 Å². The summed E-state index contributed by atoms with van der Waals surface area (Å²) in [5.74, 6) is 2.81. The fraction of sp³-hybridized carbons (Fsp3) is 0.647. The third-order valence-electron chi connectivity index (χ3n) is 4.58. The summed E-state index contributed by atoms with van der Waals surface area (Å²) in [5.41, 5.74) is 1.30. The smallest absolute Gasteiger partial charge is 0.118 e. The average Bonchev–Trinajstić information content (AvgIpc) is 2.42. The van der Waals surface area contributed by atoms with E-state index < -0.39 is 0 Å². The van der Waals surface area contributed by atoms with E-state index in [1.807, 2.05) is 12.1 Å². The zero-order valence-corrected chi connectivity index (χ0v) is 12.3. The Morgan fingerprint density at radius 1 is 1.21 bits per heavy atom. The fourth-order valence-corrected chi connectivity index (χ4v) is 3.17. The molecule has 1 N–H and O–H groups in total. The highest BCUT2D eigenvalue weighted by atomic mass is 16.5. The normalized spacial score (nSPS) is 27.5. The highest BCUT2D eigenvalue weighted by molar-refractivity contribution is 5.27. The second kappa shape index (κ2) is 6.42. The fourth-order valence-electron chi connectivity index (χ4n) is 3.17. The van der Waals surface area contributed by atoms with Crippen molar-refractivity contribution in [2.45, 2.75) is 45.6 Å². The lowest BCUT2D eigenvalue weighted by Gasteiger charge is -2.35. The molecule has 1 aromatic carbocycles. The maximum absolute atomic E-state index is 10.2. The second-order valence-corrected chi connectivity index (χ2v) is 6.20. The molecule has 0 aromatic heterocycles. The van der Waals surface area contributed by atoms with Crippen molar-refractivity contribution in [3.05, 3.63) is 29.8 Å². The van der Waals surface area contributed by atoms with Gasteiger partial charge in [-0.3, -0.25) is 0 Å². The lowest BCUT2D eigenvalue weighted by atomic mass is 9.73. The van der Waals surface area contributed by atoms with E-state index in [-0.39, 0.29) is 6.10 Å². The quantitative estimate of drug-likeness (QED) is 0.897. The van der Waals surface area contributed by atoms with Gasteiger partial charge in [-0.25, -0.2) is 0 Å². The number of rotatable bonds is 4. The molecular formula is C17H26O2. The first-order valence-corrected chi connectivity index (χ1v) is 7.41. The molecular weight excluding hydrogens is 236 g/mol. The van der Waals surface area contributed by atoms with Crippen molar-refractivity contribution in [2.75, 3.05) is 7.11 Å². The summed E-state index contributed by atoms with van der Waals surface area (Å²) in [4.78, 5) is 0. The van der Waals surface area contributed by atoms with Crippen LogP contribution in [0, 0.1) is 17.8 Å². The Morgan fingerprint density at radius 3 is 2.47 bits per heavy atom. The minimum Gasteiger partial charge on any atom is -0.497 e. The second-order valence-electron chi connectivity index (χ2n) is 6.20. The van der Waals surface area contributed by atoms with Crippen LogP contribution in [-0.4, -0.2) is 18.3 Å². The molecule has 0 spiro atoms. The minimum atomic E-state index is -0.128. The van der Waals surface area contributed by atoms with Gasteiger partial charge in [0, 0.05) is 0 Å². The van der Waals surface area contributed by atoms with Crippen molar-refractivity contribution >= 4 is 0 Å². The Hall–Kier alpha value is -1.02. The lowest BCUT2D eigenvalue weighted by molar-refractivity contribution is 0.0378. The largest absolute Gasteiger partial charge is 0.497 e. The first kappa shape index (κ1) is 14.4. The summed E-state index contributed by atoms with van der Waals surface area (Å²) in [6, 6.07) is 8.24. The summed E-state index contributed by atoms with van der Waals surface area (Å²) in [6.45, 7) is 4.60. The van der Waals surface area contributed by atoms with Gasteiger partial charge in [0.05, 0.1) is 13.2 Å². The van der Waals surface area contributed by atoms with Crippen LogP contribution in [0.5, 0.6) is 5.75 Å². The van der Waals surface area contributed by atoms with Crippen LogP contribution in [0.2, 0.25) is 0 Å². The van der Waals surface area contributed by atoms with E-state index in [9.17, 15) is 5.11 Å². The standard InChI is InChI=1S/C17H26O2/c1-12(2)14-6-9-17(18)15(11-14)10-13-4-7-16(19-3)8-5-13/h4-5,7-8,12,14-15,17-18H,6,9-11H2,1-3H3. The van der Waals surface area contributed by atoms with Crippen LogP contribution in [-0.2, 0) is 6.42 Å². The minimum absolute atomic E-state index is 0.128. The highest BCUT2D eigenvalue weighted by Crippen LogP contribution is 2.35. The molecule has 0 radical (unpaired) electrons. The Balaban J connectivity index is 1.99. The lowest BCUT2D eigenvalue weighted by Crippen LogP contribution is -2.32. The van der Waals surface area contributed by atoms with Crippen molar-refractivity contribution in [3.63, 3.8) is 0 Å². The van der Waals surface area contributed by atoms with Gasteiger partial charge >= 0.3 is 0 Å². The van der Waals surface area contributed by atoms with Crippen LogP contribution in [0.4, 0.5) is 0 Å². The third kappa shape index (κ3) is 3.73. The molecule has 2 nitrogen and oxygen atoms in total. The number of hydrogen-bond acceptors (Lipinski definition) is 2. The van der Waals surface area contributed by atoms with Crippen molar-refractivity contribution in [2.24, 2.45) is 17.8 Å². The van der Waals surface area contributed by atoms with Crippen LogP contribution in [0.25, 0.3) is 0 Å². The van der Waals surface area contributed by atoms with Crippen molar-refractivity contribution in [1.29, 1.82) is 0 Å². The van der Waals surface area contributed by atoms with E-state index in [1.165, 1.54) is 12.0 Å². The molecule has 106 valence electrons. The molecule has 1 aliphatic carbocycles. The van der Waals surface area contributed by atoms with Crippen LogP contribution in [0.1, 0.15) is 38.7 Å². The van der Waals surface area contributed by atoms with Gasteiger partial charge in [0.2, 0.25) is 0 Å². The predicted octanol–water partition coefficient (Wildman–Crippen LogP) is 3.67. The summed E-state index contributed by atoms with van der Waals surface area (Å²) in [6.07, 6.45) is 4.15. The first-order valence-electron chi connectivity index (χ1n) is 7.41. The molecule has 1 aromatic rings. The molecule has 2 rings (SSSR count). The molecule has 1 fully saturated rings. The van der Waals surface area contributed by atoms with Crippen molar-refractivity contribution < 1.29 is 9.84 Å². The summed E-state index contributed by atoms with van der Waals surface area (Å²) < 4.78 is 5.18. The third-order valence-corrected chi connectivity index (χ3v) is 4.58. The maximum Gasteiger partial charge on any atom is 0.118 e. The van der Waals surface area contributed by atoms with Crippen LogP contribution < -0.4 is 4.74 Å². The topological polar surface area (TPSA) is 29.5 Å². The Labute approximate surface area is 116 Å². The van der Waals surface area contributed by atoms with E-state index in [0.717, 1.165) is 36.8 Å². The van der Waals surface area contributed by atoms with Crippen LogP contribution >= 0.6 is 0 Å². The summed E-state index contributed by atoms with van der Waals surface area (Å²) in [5, 5.41) is 10.2. The number of aliphatic hydroxyl groups excluding tert-OH is 1. The van der Waals surface area contributed by atoms with Gasteiger partial charge < -0.3 is 9.84 Å². The van der Waals surface area contributed by atoms with Crippen LogP contribution in [0.3, 0.4) is 0 Å². The summed E-state index contributed by atoms with van der Waals surface area (Å²) in [7, 11) is 1.69. The zero-order chi connectivity index (χ0) is 13.8. The molecule has 0 saturated heterocycles. The van der Waals surface area contributed by atoms with Gasteiger partial charge in [0.15, 0.2) is 0 Å². The molecule has 3 atom stereocenters. The molecule has 0 heterocycles. The van der Waals surface area contributed by atoms with Crippen molar-refractivity contribution in [1.82, 2.24) is 0 Å². The van der Waals surface area contributed by atoms with E-state index in [0.29, 0.717) is 5.92 Å². The Bertz CT molecular complexity index is 383. The average molecular weight is 262 g/mol. The van der Waals surface area contributed by atoms with Gasteiger partial charge in [-0.15, -0.1) is 0 Å². The van der Waals surface area contributed by atoms with Crippen LogP contribution in [0.15, 0.2) is 24.3 Å². The van der Waals surface area contributed by atoms with E-state index >= 15 is 0 Å². The van der Waals surface area contributed by atoms with Gasteiger partial charge in [-0.1, -0.05) is 26.0 Å². The molecule has 2 heteroatoms. The predicted molar refractivity (Wildman–Crippen MR) is 78.4 cm³/mol. The molecule has 1 aliphatic rings. The first-order chi connectivity index (χ1) is 9.10. The molecule has 0 aliphatic heterocycles.